The molecule has 3 rings (SSSR count). The Labute approximate surface area is 142 Å². The van der Waals surface area contributed by atoms with E-state index in [-0.39, 0.29) is 11.9 Å². The number of carbonyl (C=O) groups is 1. The molecule has 2 aromatic rings. The van der Waals surface area contributed by atoms with Crippen molar-refractivity contribution in [3.05, 3.63) is 59.8 Å². The summed E-state index contributed by atoms with van der Waals surface area (Å²) in [5, 5.41) is 3.39. The Hall–Kier alpha value is -2.40. The van der Waals surface area contributed by atoms with E-state index in [1.165, 1.54) is 0 Å². The third kappa shape index (κ3) is 3.74. The normalized spacial score (nSPS) is 15.3. The van der Waals surface area contributed by atoms with Crippen LogP contribution >= 0.6 is 0 Å². The SMILES string of the molecule is COc1ncccc1CNC(C(=O)N1CCCC1)c1ccccc1. The summed E-state index contributed by atoms with van der Waals surface area (Å²) in [5.41, 5.74) is 1.92. The fraction of sp³-hybridized carbons (Fsp3) is 0.368. The van der Waals surface area contributed by atoms with Gasteiger partial charge in [0.1, 0.15) is 6.04 Å². The van der Waals surface area contributed by atoms with Gasteiger partial charge in [0.2, 0.25) is 11.8 Å². The highest BCUT2D eigenvalue weighted by atomic mass is 16.5. The van der Waals surface area contributed by atoms with Crippen LogP contribution in [0.2, 0.25) is 0 Å². The lowest BCUT2D eigenvalue weighted by Gasteiger charge is -2.24. The van der Waals surface area contributed by atoms with Gasteiger partial charge >= 0.3 is 0 Å². The fourth-order valence-corrected chi connectivity index (χ4v) is 3.07. The molecule has 1 N–H and O–H groups in total. The number of likely N-dealkylation sites (tertiary alicyclic amines) is 1. The lowest BCUT2D eigenvalue weighted by atomic mass is 10.1. The Kier molecular flexibility index (Phi) is 5.43. The Balaban J connectivity index is 1.78. The van der Waals surface area contributed by atoms with Crippen LogP contribution in [0.25, 0.3) is 0 Å². The lowest BCUT2D eigenvalue weighted by Crippen LogP contribution is -2.39. The molecule has 24 heavy (non-hydrogen) atoms. The predicted molar refractivity (Wildman–Crippen MR) is 92.6 cm³/mol. The second kappa shape index (κ2) is 7.93. The van der Waals surface area contributed by atoms with Crippen molar-refractivity contribution in [2.45, 2.75) is 25.4 Å². The van der Waals surface area contributed by atoms with Gasteiger partial charge in [0.15, 0.2) is 0 Å². The molecule has 1 saturated heterocycles. The van der Waals surface area contributed by atoms with Crippen molar-refractivity contribution in [3.63, 3.8) is 0 Å². The average molecular weight is 325 g/mol. The molecule has 126 valence electrons. The van der Waals surface area contributed by atoms with Crippen LogP contribution in [0.15, 0.2) is 48.7 Å². The van der Waals surface area contributed by atoms with Crippen LogP contribution in [0, 0.1) is 0 Å². The summed E-state index contributed by atoms with van der Waals surface area (Å²) in [4.78, 5) is 19.1. The van der Waals surface area contributed by atoms with Gasteiger partial charge in [-0.15, -0.1) is 0 Å². The number of hydrogen-bond acceptors (Lipinski definition) is 4. The van der Waals surface area contributed by atoms with Gasteiger partial charge in [0.25, 0.3) is 0 Å². The zero-order valence-electron chi connectivity index (χ0n) is 13.9. The van der Waals surface area contributed by atoms with E-state index in [0.29, 0.717) is 12.4 Å². The highest BCUT2D eigenvalue weighted by Crippen LogP contribution is 2.21. The van der Waals surface area contributed by atoms with Crippen LogP contribution in [0.3, 0.4) is 0 Å². The lowest BCUT2D eigenvalue weighted by molar-refractivity contribution is -0.132. The topological polar surface area (TPSA) is 54.5 Å². The molecule has 1 aliphatic heterocycles. The highest BCUT2D eigenvalue weighted by Gasteiger charge is 2.27. The largest absolute Gasteiger partial charge is 0.481 e. The van der Waals surface area contributed by atoms with E-state index in [4.69, 9.17) is 4.74 Å². The van der Waals surface area contributed by atoms with E-state index >= 15 is 0 Å². The number of ether oxygens (including phenoxy) is 1. The Morgan fingerprint density at radius 1 is 1.21 bits per heavy atom. The van der Waals surface area contributed by atoms with Gasteiger partial charge in [0.05, 0.1) is 7.11 Å². The molecule has 0 saturated carbocycles. The zero-order chi connectivity index (χ0) is 16.8. The number of benzene rings is 1. The third-order valence-corrected chi connectivity index (χ3v) is 4.34. The Morgan fingerprint density at radius 3 is 2.67 bits per heavy atom. The van der Waals surface area contributed by atoms with Gasteiger partial charge in [-0.3, -0.25) is 10.1 Å². The molecule has 2 heterocycles. The number of methoxy groups -OCH3 is 1. The molecule has 0 bridgehead atoms. The van der Waals surface area contributed by atoms with Crippen molar-refractivity contribution in [1.82, 2.24) is 15.2 Å². The minimum absolute atomic E-state index is 0.140. The quantitative estimate of drug-likeness (QED) is 0.887. The van der Waals surface area contributed by atoms with Crippen molar-refractivity contribution < 1.29 is 9.53 Å². The molecule has 0 spiro atoms. The molecular weight excluding hydrogens is 302 g/mol. The monoisotopic (exact) mass is 325 g/mol. The maximum absolute atomic E-state index is 12.9. The van der Waals surface area contributed by atoms with Gasteiger partial charge < -0.3 is 9.64 Å². The number of hydrogen-bond donors (Lipinski definition) is 1. The van der Waals surface area contributed by atoms with Crippen LogP contribution in [0.5, 0.6) is 5.88 Å². The molecule has 5 heteroatoms. The minimum Gasteiger partial charge on any atom is -0.481 e. The van der Waals surface area contributed by atoms with E-state index in [9.17, 15) is 4.79 Å². The maximum atomic E-state index is 12.9. The van der Waals surface area contributed by atoms with E-state index in [1.807, 2.05) is 47.4 Å². The third-order valence-electron chi connectivity index (χ3n) is 4.34. The van der Waals surface area contributed by atoms with Crippen LogP contribution in [0.1, 0.15) is 30.0 Å². The summed E-state index contributed by atoms with van der Waals surface area (Å²) in [5.74, 6) is 0.729. The first kappa shape index (κ1) is 16.5. The molecule has 1 atom stereocenters. The second-order valence-corrected chi connectivity index (χ2v) is 5.93. The van der Waals surface area contributed by atoms with Crippen LogP contribution < -0.4 is 10.1 Å². The smallest absolute Gasteiger partial charge is 0.244 e. The maximum Gasteiger partial charge on any atom is 0.244 e. The Bertz CT molecular complexity index is 669. The summed E-state index contributed by atoms with van der Waals surface area (Å²) in [6.07, 6.45) is 3.87. The van der Waals surface area contributed by atoms with Gasteiger partial charge in [-0.25, -0.2) is 4.98 Å². The molecule has 5 nitrogen and oxygen atoms in total. The Morgan fingerprint density at radius 2 is 1.96 bits per heavy atom. The van der Waals surface area contributed by atoms with Crippen LogP contribution in [0.4, 0.5) is 0 Å². The first-order valence-corrected chi connectivity index (χ1v) is 8.34. The molecule has 0 radical (unpaired) electrons. The first-order chi connectivity index (χ1) is 11.8. The molecule has 1 unspecified atom stereocenters. The summed E-state index contributed by atoms with van der Waals surface area (Å²) in [6.45, 7) is 2.22. The molecule has 1 aromatic heterocycles. The van der Waals surface area contributed by atoms with E-state index in [1.54, 1.807) is 13.3 Å². The second-order valence-electron chi connectivity index (χ2n) is 5.93. The molecule has 1 aromatic carbocycles. The van der Waals surface area contributed by atoms with Crippen molar-refractivity contribution in [2.75, 3.05) is 20.2 Å². The van der Waals surface area contributed by atoms with Crippen molar-refractivity contribution in [1.29, 1.82) is 0 Å². The number of aromatic nitrogens is 1. The minimum atomic E-state index is -0.353. The first-order valence-electron chi connectivity index (χ1n) is 8.34. The number of nitrogens with zero attached hydrogens (tertiary/aromatic N) is 2. The van der Waals surface area contributed by atoms with Gasteiger partial charge in [0, 0.05) is 31.4 Å². The van der Waals surface area contributed by atoms with Gasteiger partial charge in [-0.1, -0.05) is 36.4 Å². The standard InChI is InChI=1S/C19H23N3O2/c1-24-18-16(10-7-11-20-18)14-21-17(15-8-3-2-4-9-15)19(23)22-12-5-6-13-22/h2-4,7-11,17,21H,5-6,12-14H2,1H3. The van der Waals surface area contributed by atoms with E-state index in [2.05, 4.69) is 10.3 Å². The van der Waals surface area contributed by atoms with Gasteiger partial charge in [-0.05, 0) is 24.5 Å². The number of pyridine rings is 1. The number of carbonyl (C=O) groups excluding carboxylic acids is 1. The summed E-state index contributed by atoms with van der Waals surface area (Å²) < 4.78 is 5.30. The average Bonchev–Trinajstić information content (AvgIpc) is 3.17. The van der Waals surface area contributed by atoms with Gasteiger partial charge in [-0.2, -0.15) is 0 Å². The zero-order valence-corrected chi connectivity index (χ0v) is 13.9. The van der Waals surface area contributed by atoms with Crippen molar-refractivity contribution in [3.8, 4) is 5.88 Å². The number of nitrogens with one attached hydrogen (secondary N) is 1. The number of rotatable bonds is 6. The van der Waals surface area contributed by atoms with E-state index in [0.717, 1.165) is 37.1 Å². The molecule has 0 aliphatic carbocycles. The summed E-state index contributed by atoms with van der Waals surface area (Å²) in [7, 11) is 1.61. The molecular formula is C19H23N3O2. The van der Waals surface area contributed by atoms with Crippen LogP contribution in [-0.4, -0.2) is 36.0 Å². The molecule has 1 aliphatic rings. The molecule has 1 amide bonds. The molecule has 1 fully saturated rings. The van der Waals surface area contributed by atoms with Crippen molar-refractivity contribution >= 4 is 5.91 Å². The number of amides is 1. The predicted octanol–water partition coefficient (Wildman–Crippen LogP) is 2.54. The highest BCUT2D eigenvalue weighted by molar-refractivity contribution is 5.83. The van der Waals surface area contributed by atoms with E-state index < -0.39 is 0 Å². The summed E-state index contributed by atoms with van der Waals surface area (Å²) >= 11 is 0. The van der Waals surface area contributed by atoms with Crippen molar-refractivity contribution in [2.24, 2.45) is 0 Å². The fourth-order valence-electron chi connectivity index (χ4n) is 3.07. The summed E-state index contributed by atoms with van der Waals surface area (Å²) in [6, 6.07) is 13.4. The van der Waals surface area contributed by atoms with Crippen LogP contribution in [-0.2, 0) is 11.3 Å².